The summed E-state index contributed by atoms with van der Waals surface area (Å²) in [5, 5.41) is 0. The van der Waals surface area contributed by atoms with Gasteiger partial charge in [-0.05, 0) is 18.2 Å². The van der Waals surface area contributed by atoms with Gasteiger partial charge >= 0.3 is 0 Å². The summed E-state index contributed by atoms with van der Waals surface area (Å²) in [6.07, 6.45) is 1.23. The zero-order valence-electron chi connectivity index (χ0n) is 11.5. The van der Waals surface area contributed by atoms with Gasteiger partial charge in [-0.15, -0.1) is 0 Å². The smallest absolute Gasteiger partial charge is 0.265 e. The van der Waals surface area contributed by atoms with Gasteiger partial charge in [0.05, 0.1) is 17.9 Å². The number of nitrogens with one attached hydrogen (secondary N) is 1. The Balaban J connectivity index is 2.10. The number of likely N-dealkylation sites (N-methyl/N-ethyl adjacent to an activating group) is 1. The summed E-state index contributed by atoms with van der Waals surface area (Å²) in [5.41, 5.74) is 1.20. The third kappa shape index (κ3) is 2.29. The second kappa shape index (κ2) is 4.92. The molecule has 0 spiro atoms. The van der Waals surface area contributed by atoms with Crippen LogP contribution < -0.4 is 14.8 Å². The number of H-pyrrole nitrogens is 1. The van der Waals surface area contributed by atoms with Crippen LogP contribution in [0.5, 0.6) is 0 Å². The van der Waals surface area contributed by atoms with Crippen LogP contribution in [0.2, 0.25) is 0 Å². The predicted octanol–water partition coefficient (Wildman–Crippen LogP) is 1.02. The van der Waals surface area contributed by atoms with E-state index < -0.39 is 10.0 Å². The molecule has 0 atom stereocenters. The Bertz CT molecular complexity index is 809. The van der Waals surface area contributed by atoms with Crippen molar-refractivity contribution >= 4 is 21.4 Å². The number of sulfonamides is 1. The van der Waals surface area contributed by atoms with Crippen LogP contribution in [0.3, 0.4) is 0 Å². The van der Waals surface area contributed by atoms with Crippen LogP contribution in [0, 0.1) is 0 Å². The van der Waals surface area contributed by atoms with Crippen LogP contribution in [0.1, 0.15) is 0 Å². The van der Waals surface area contributed by atoms with Crippen molar-refractivity contribution < 1.29 is 8.42 Å². The van der Waals surface area contributed by atoms with Crippen molar-refractivity contribution in [2.75, 3.05) is 29.3 Å². The molecule has 0 saturated carbocycles. The van der Waals surface area contributed by atoms with Crippen molar-refractivity contribution in [3.8, 4) is 0 Å². The first-order valence-corrected chi connectivity index (χ1v) is 7.96. The number of aromatic nitrogens is 1. The van der Waals surface area contributed by atoms with Gasteiger partial charge in [-0.3, -0.25) is 9.10 Å². The van der Waals surface area contributed by atoms with Crippen LogP contribution in [0.4, 0.5) is 11.4 Å². The average molecular weight is 305 g/mol. The highest BCUT2D eigenvalue weighted by Gasteiger charge is 2.30. The molecule has 0 unspecified atom stereocenters. The maximum Gasteiger partial charge on any atom is 0.265 e. The number of nitrogens with zero attached hydrogens (tertiary/aromatic N) is 2. The second-order valence-electron chi connectivity index (χ2n) is 4.88. The summed E-state index contributed by atoms with van der Waals surface area (Å²) in [6.45, 7) is 0.981. The molecule has 3 rings (SSSR count). The van der Waals surface area contributed by atoms with Gasteiger partial charge < -0.3 is 9.88 Å². The average Bonchev–Trinajstić information content (AvgIpc) is 2.48. The largest absolute Gasteiger partial charge is 0.371 e. The van der Waals surface area contributed by atoms with Crippen LogP contribution in [-0.2, 0) is 10.0 Å². The third-order valence-corrected chi connectivity index (χ3v) is 5.35. The Labute approximate surface area is 122 Å². The minimum absolute atomic E-state index is 0.0847. The molecule has 6 nitrogen and oxygen atoms in total. The molecule has 21 heavy (non-hydrogen) atoms. The fourth-order valence-corrected chi connectivity index (χ4v) is 3.85. The van der Waals surface area contributed by atoms with Gasteiger partial charge in [0.2, 0.25) is 5.56 Å². The lowest BCUT2D eigenvalue weighted by molar-refractivity contribution is 0.588. The zero-order chi connectivity index (χ0) is 15.0. The number of para-hydroxylation sites is 2. The number of hydrogen-bond donors (Lipinski definition) is 1. The molecule has 0 aliphatic carbocycles. The molecule has 1 aromatic carbocycles. The lowest BCUT2D eigenvalue weighted by atomic mass is 10.2. The van der Waals surface area contributed by atoms with Crippen LogP contribution in [0.25, 0.3) is 0 Å². The van der Waals surface area contributed by atoms with E-state index in [-0.39, 0.29) is 10.5 Å². The van der Waals surface area contributed by atoms with E-state index >= 15 is 0 Å². The van der Waals surface area contributed by atoms with Gasteiger partial charge in [0.15, 0.2) is 0 Å². The van der Waals surface area contributed by atoms with E-state index in [9.17, 15) is 13.2 Å². The quantitative estimate of drug-likeness (QED) is 0.899. The van der Waals surface area contributed by atoms with Crippen molar-refractivity contribution in [2.45, 2.75) is 4.90 Å². The molecule has 0 bridgehead atoms. The van der Waals surface area contributed by atoms with Crippen molar-refractivity contribution in [1.29, 1.82) is 0 Å². The second-order valence-corrected chi connectivity index (χ2v) is 6.74. The molecule has 0 radical (unpaired) electrons. The summed E-state index contributed by atoms with van der Waals surface area (Å²) >= 11 is 0. The Morgan fingerprint density at radius 2 is 1.76 bits per heavy atom. The van der Waals surface area contributed by atoms with E-state index in [1.54, 1.807) is 6.07 Å². The summed E-state index contributed by atoms with van der Waals surface area (Å²) in [5.74, 6) is 0. The fraction of sp³-hybridized carbons (Fsp3) is 0.214. The maximum absolute atomic E-state index is 12.8. The number of fused-ring (bicyclic) bond motifs is 1. The molecule has 0 fully saturated rings. The highest BCUT2D eigenvalue weighted by atomic mass is 32.2. The summed E-state index contributed by atoms with van der Waals surface area (Å²) in [7, 11) is -1.75. The van der Waals surface area contributed by atoms with E-state index in [4.69, 9.17) is 0 Å². The first kappa shape index (κ1) is 13.7. The molecular formula is C14H15N3O3S. The van der Waals surface area contributed by atoms with Crippen molar-refractivity contribution in [3.63, 3.8) is 0 Å². The molecule has 1 N–H and O–H groups in total. The molecule has 7 heteroatoms. The highest BCUT2D eigenvalue weighted by Crippen LogP contribution is 2.35. The SMILES string of the molecule is CN1CCN(S(=O)(=O)c2ccc(=O)[nH]c2)c2ccccc21. The number of rotatable bonds is 2. The Morgan fingerprint density at radius 3 is 2.43 bits per heavy atom. The molecular weight excluding hydrogens is 290 g/mol. The number of pyridine rings is 1. The standard InChI is InChI=1S/C14H15N3O3S/c1-16-8-9-17(13-5-3-2-4-12(13)16)21(19,20)11-6-7-14(18)15-10-11/h2-7,10H,8-9H2,1H3,(H,15,18). The Kier molecular flexibility index (Phi) is 3.21. The van der Waals surface area contributed by atoms with Crippen LogP contribution in [-0.4, -0.2) is 33.5 Å². The molecule has 1 aliphatic heterocycles. The Hall–Kier alpha value is -2.28. The van der Waals surface area contributed by atoms with Gasteiger partial charge in [-0.1, -0.05) is 12.1 Å². The van der Waals surface area contributed by atoms with Crippen LogP contribution in [0.15, 0.2) is 52.3 Å². The number of benzene rings is 1. The first-order chi connectivity index (χ1) is 10.00. The van der Waals surface area contributed by atoms with Crippen molar-refractivity contribution in [2.24, 2.45) is 0 Å². The van der Waals surface area contributed by atoms with Gasteiger partial charge in [0, 0.05) is 25.9 Å². The molecule has 1 aromatic heterocycles. The summed E-state index contributed by atoms with van der Waals surface area (Å²) < 4.78 is 26.9. The van der Waals surface area contributed by atoms with E-state index in [1.165, 1.54) is 22.6 Å². The molecule has 2 heterocycles. The fourth-order valence-electron chi connectivity index (χ4n) is 2.41. The number of anilines is 2. The molecule has 110 valence electrons. The maximum atomic E-state index is 12.8. The summed E-state index contributed by atoms with van der Waals surface area (Å²) in [6, 6.07) is 9.92. The van der Waals surface area contributed by atoms with E-state index in [0.717, 1.165) is 5.69 Å². The highest BCUT2D eigenvalue weighted by molar-refractivity contribution is 7.92. The Morgan fingerprint density at radius 1 is 1.05 bits per heavy atom. The number of hydrogen-bond acceptors (Lipinski definition) is 4. The van der Waals surface area contributed by atoms with Crippen molar-refractivity contribution in [3.05, 3.63) is 52.9 Å². The van der Waals surface area contributed by atoms with Crippen molar-refractivity contribution in [1.82, 2.24) is 4.98 Å². The van der Waals surface area contributed by atoms with Gasteiger partial charge in [0.1, 0.15) is 4.90 Å². The van der Waals surface area contributed by atoms with Gasteiger partial charge in [-0.2, -0.15) is 0 Å². The molecule has 0 amide bonds. The monoisotopic (exact) mass is 305 g/mol. The topological polar surface area (TPSA) is 73.5 Å². The first-order valence-electron chi connectivity index (χ1n) is 6.52. The van der Waals surface area contributed by atoms with E-state index in [1.807, 2.05) is 30.1 Å². The minimum Gasteiger partial charge on any atom is -0.371 e. The van der Waals surface area contributed by atoms with Gasteiger partial charge in [0.25, 0.3) is 10.0 Å². The molecule has 0 saturated heterocycles. The van der Waals surface area contributed by atoms with E-state index in [0.29, 0.717) is 18.8 Å². The summed E-state index contributed by atoms with van der Waals surface area (Å²) in [4.78, 5) is 15.6. The lowest BCUT2D eigenvalue weighted by Gasteiger charge is -2.36. The third-order valence-electron chi connectivity index (χ3n) is 3.54. The number of aromatic amines is 1. The normalized spacial score (nSPS) is 14.9. The van der Waals surface area contributed by atoms with Gasteiger partial charge in [-0.25, -0.2) is 8.42 Å². The van der Waals surface area contributed by atoms with E-state index in [2.05, 4.69) is 4.98 Å². The zero-order valence-corrected chi connectivity index (χ0v) is 12.3. The van der Waals surface area contributed by atoms with Crippen LogP contribution >= 0.6 is 0 Å². The predicted molar refractivity (Wildman–Crippen MR) is 81.3 cm³/mol. The lowest BCUT2D eigenvalue weighted by Crippen LogP contribution is -2.42. The molecule has 1 aliphatic rings. The minimum atomic E-state index is -3.68. The molecule has 2 aromatic rings.